The van der Waals surface area contributed by atoms with Crippen LogP contribution in [0.2, 0.25) is 5.02 Å². The predicted octanol–water partition coefficient (Wildman–Crippen LogP) is 2.74. The van der Waals surface area contributed by atoms with Gasteiger partial charge < -0.3 is 15.1 Å². The summed E-state index contributed by atoms with van der Waals surface area (Å²) in [6, 6.07) is 0.783. The summed E-state index contributed by atoms with van der Waals surface area (Å²) in [5.74, 6) is -2.20. The molecule has 2 aliphatic rings. The molecule has 0 bridgehead atoms. The van der Waals surface area contributed by atoms with Gasteiger partial charge in [-0.05, 0) is 27.1 Å². The second-order valence-corrected chi connectivity index (χ2v) is 9.01. The molecule has 178 valence electrons. The Kier molecular flexibility index (Phi) is 6.30. The summed E-state index contributed by atoms with van der Waals surface area (Å²) >= 11 is 5.73. The Morgan fingerprint density at radius 3 is 2.76 bits per heavy atom. The third kappa shape index (κ3) is 4.53. The number of anilines is 1. The number of hydroxylamine groups is 2. The molecule has 9 nitrogen and oxygen atoms in total. The Morgan fingerprint density at radius 2 is 2.06 bits per heavy atom. The second kappa shape index (κ2) is 8.88. The van der Waals surface area contributed by atoms with Crippen molar-refractivity contribution in [2.24, 2.45) is 0 Å². The van der Waals surface area contributed by atoms with Gasteiger partial charge in [0.2, 0.25) is 0 Å². The summed E-state index contributed by atoms with van der Waals surface area (Å²) in [6.45, 7) is 2.92. The fraction of sp³-hybridized carbons (Fsp3) is 0.476. The number of fused-ring (bicyclic) bond motifs is 3. The molecule has 1 aromatic heterocycles. The minimum Gasteiger partial charge on any atom is -0.317 e. The summed E-state index contributed by atoms with van der Waals surface area (Å²) < 4.78 is 29.2. The summed E-state index contributed by atoms with van der Waals surface area (Å²) in [4.78, 5) is 35.3. The Labute approximate surface area is 194 Å². The molecule has 0 unspecified atom stereocenters. The molecule has 0 aliphatic carbocycles. The normalized spacial score (nSPS) is 20.5. The Bertz CT molecular complexity index is 1110. The topological polar surface area (TPSA) is 82.9 Å². The Morgan fingerprint density at radius 1 is 1.33 bits per heavy atom. The van der Waals surface area contributed by atoms with Crippen LogP contribution in [-0.4, -0.2) is 76.4 Å². The van der Waals surface area contributed by atoms with Crippen LogP contribution >= 0.6 is 11.6 Å². The standard InChI is InChI=1S/C21H25ClF2N6O3/c1-11-5-17-13(10-29(11)21(32)25-18-6-14(22)15(23)7-16(18)24)19-20(31)28(4)33-12(8-27(2)3)9-30(19)26-17/h6-7,11-12H,5,8-10H2,1-4H3,(H,25,32)/t11-,12-/m1/s1. The molecule has 33 heavy (non-hydrogen) atoms. The van der Waals surface area contributed by atoms with E-state index in [0.29, 0.717) is 36.8 Å². The highest BCUT2D eigenvalue weighted by Crippen LogP contribution is 2.30. The lowest BCUT2D eigenvalue weighted by Crippen LogP contribution is -2.45. The van der Waals surface area contributed by atoms with E-state index in [-0.39, 0.29) is 35.3 Å². The van der Waals surface area contributed by atoms with Crippen molar-refractivity contribution in [1.82, 2.24) is 24.6 Å². The number of likely N-dealkylation sites (N-methyl/N-ethyl adjacent to an activating group) is 1. The smallest absolute Gasteiger partial charge is 0.317 e. The van der Waals surface area contributed by atoms with Crippen LogP contribution in [0.4, 0.5) is 19.3 Å². The summed E-state index contributed by atoms with van der Waals surface area (Å²) in [5, 5.41) is 8.00. The van der Waals surface area contributed by atoms with E-state index in [4.69, 9.17) is 16.4 Å². The monoisotopic (exact) mass is 482 g/mol. The first-order valence-electron chi connectivity index (χ1n) is 10.5. The molecular formula is C21H25ClF2N6O3. The molecule has 0 saturated carbocycles. The number of halogens is 3. The van der Waals surface area contributed by atoms with Crippen molar-refractivity contribution in [3.63, 3.8) is 0 Å². The van der Waals surface area contributed by atoms with Crippen LogP contribution in [-0.2, 0) is 24.3 Å². The summed E-state index contributed by atoms with van der Waals surface area (Å²) in [7, 11) is 5.39. The van der Waals surface area contributed by atoms with Crippen molar-refractivity contribution in [1.29, 1.82) is 0 Å². The minimum atomic E-state index is -0.934. The van der Waals surface area contributed by atoms with Gasteiger partial charge in [-0.1, -0.05) is 11.6 Å². The zero-order valence-corrected chi connectivity index (χ0v) is 19.5. The first-order valence-corrected chi connectivity index (χ1v) is 10.8. The van der Waals surface area contributed by atoms with Crippen molar-refractivity contribution >= 4 is 29.2 Å². The van der Waals surface area contributed by atoms with Crippen LogP contribution in [0.3, 0.4) is 0 Å². The van der Waals surface area contributed by atoms with Gasteiger partial charge in [-0.2, -0.15) is 5.10 Å². The number of hydrogen-bond donors (Lipinski definition) is 1. The van der Waals surface area contributed by atoms with Gasteiger partial charge in [-0.3, -0.25) is 14.3 Å². The average Bonchev–Trinajstić information content (AvgIpc) is 3.00. The number of carbonyl (C=O) groups is 2. The number of urea groups is 1. The number of benzene rings is 1. The Hall–Kier alpha value is -2.76. The Balaban J connectivity index is 1.61. The van der Waals surface area contributed by atoms with Gasteiger partial charge in [0.15, 0.2) is 0 Å². The van der Waals surface area contributed by atoms with Crippen molar-refractivity contribution in [2.75, 3.05) is 33.0 Å². The summed E-state index contributed by atoms with van der Waals surface area (Å²) in [6.07, 6.45) is 0.144. The van der Waals surface area contributed by atoms with E-state index in [1.54, 1.807) is 11.7 Å². The fourth-order valence-electron chi connectivity index (χ4n) is 4.19. The molecule has 0 radical (unpaired) electrons. The zero-order valence-electron chi connectivity index (χ0n) is 18.7. The lowest BCUT2D eigenvalue weighted by Gasteiger charge is -2.33. The van der Waals surface area contributed by atoms with Crippen LogP contribution in [0.25, 0.3) is 0 Å². The zero-order chi connectivity index (χ0) is 24.0. The quantitative estimate of drug-likeness (QED) is 0.680. The summed E-state index contributed by atoms with van der Waals surface area (Å²) in [5.41, 5.74) is 1.51. The van der Waals surface area contributed by atoms with Gasteiger partial charge in [0, 0.05) is 37.7 Å². The highest BCUT2D eigenvalue weighted by atomic mass is 35.5. The molecule has 3 amide bonds. The van der Waals surface area contributed by atoms with Crippen LogP contribution in [0, 0.1) is 11.6 Å². The highest BCUT2D eigenvalue weighted by molar-refractivity contribution is 6.31. The first kappa shape index (κ1) is 23.4. The largest absolute Gasteiger partial charge is 0.322 e. The molecule has 1 N–H and O–H groups in total. The third-order valence-corrected chi connectivity index (χ3v) is 6.03. The van der Waals surface area contributed by atoms with Gasteiger partial charge in [0.1, 0.15) is 23.4 Å². The average molecular weight is 483 g/mol. The van der Waals surface area contributed by atoms with Crippen LogP contribution in [0.5, 0.6) is 0 Å². The van der Waals surface area contributed by atoms with Crippen molar-refractivity contribution < 1.29 is 23.2 Å². The minimum absolute atomic E-state index is 0.103. The molecule has 0 fully saturated rings. The van der Waals surface area contributed by atoms with Crippen LogP contribution < -0.4 is 5.32 Å². The second-order valence-electron chi connectivity index (χ2n) is 8.61. The van der Waals surface area contributed by atoms with Gasteiger partial charge in [-0.15, -0.1) is 0 Å². The van der Waals surface area contributed by atoms with Gasteiger partial charge in [-0.25, -0.2) is 18.6 Å². The SMILES string of the molecule is C[C@@H]1Cc2nn3c(c2CN1C(=O)Nc1cc(Cl)c(F)cc1F)C(=O)N(C)O[C@H](CN(C)C)C3. The van der Waals surface area contributed by atoms with Gasteiger partial charge >= 0.3 is 6.03 Å². The van der Waals surface area contributed by atoms with Crippen molar-refractivity contribution in [3.05, 3.63) is 45.7 Å². The first-order chi connectivity index (χ1) is 15.5. The van der Waals surface area contributed by atoms with E-state index in [1.807, 2.05) is 25.9 Å². The number of hydrogen-bond acceptors (Lipinski definition) is 5. The molecule has 2 atom stereocenters. The van der Waals surface area contributed by atoms with E-state index in [9.17, 15) is 18.4 Å². The maximum atomic E-state index is 14.1. The lowest BCUT2D eigenvalue weighted by atomic mass is 9.99. The lowest BCUT2D eigenvalue weighted by molar-refractivity contribution is -0.152. The molecular weight excluding hydrogens is 458 g/mol. The van der Waals surface area contributed by atoms with Gasteiger partial charge in [0.05, 0.1) is 29.5 Å². The molecule has 3 heterocycles. The van der Waals surface area contributed by atoms with E-state index >= 15 is 0 Å². The van der Waals surface area contributed by atoms with Crippen LogP contribution in [0.1, 0.15) is 28.7 Å². The number of nitrogens with zero attached hydrogens (tertiary/aromatic N) is 5. The third-order valence-electron chi connectivity index (χ3n) is 5.74. The molecule has 1 aromatic carbocycles. The van der Waals surface area contributed by atoms with E-state index in [0.717, 1.165) is 11.8 Å². The van der Waals surface area contributed by atoms with E-state index in [1.165, 1.54) is 9.96 Å². The van der Waals surface area contributed by atoms with Crippen molar-refractivity contribution in [2.45, 2.75) is 38.6 Å². The number of rotatable bonds is 3. The fourth-order valence-corrected chi connectivity index (χ4v) is 4.35. The van der Waals surface area contributed by atoms with E-state index in [2.05, 4.69) is 10.4 Å². The van der Waals surface area contributed by atoms with Gasteiger partial charge in [0.25, 0.3) is 5.91 Å². The molecule has 2 aliphatic heterocycles. The molecule has 0 spiro atoms. The number of amides is 3. The van der Waals surface area contributed by atoms with Crippen LogP contribution in [0.15, 0.2) is 12.1 Å². The molecule has 4 rings (SSSR count). The number of aromatic nitrogens is 2. The van der Waals surface area contributed by atoms with Crippen molar-refractivity contribution in [3.8, 4) is 0 Å². The molecule has 12 heteroatoms. The molecule has 2 aromatic rings. The predicted molar refractivity (Wildman–Crippen MR) is 117 cm³/mol. The molecule has 0 saturated heterocycles. The maximum Gasteiger partial charge on any atom is 0.322 e. The number of carbonyl (C=O) groups excluding carboxylic acids is 2. The van der Waals surface area contributed by atoms with E-state index < -0.39 is 17.7 Å². The highest BCUT2D eigenvalue weighted by Gasteiger charge is 2.37. The maximum absolute atomic E-state index is 14.1. The number of nitrogens with one attached hydrogen (secondary N) is 1.